The van der Waals surface area contributed by atoms with E-state index in [4.69, 9.17) is 22.1 Å². The minimum Gasteiger partial charge on any atom is -0.437 e. The van der Waals surface area contributed by atoms with Crippen molar-refractivity contribution in [2.45, 2.75) is 6.54 Å². The van der Waals surface area contributed by atoms with Gasteiger partial charge in [0, 0.05) is 29.4 Å². The Morgan fingerprint density at radius 1 is 1.25 bits per heavy atom. The molecule has 0 fully saturated rings. The Morgan fingerprint density at radius 2 is 2.12 bits per heavy atom. The van der Waals surface area contributed by atoms with Gasteiger partial charge >= 0.3 is 0 Å². The van der Waals surface area contributed by atoms with Gasteiger partial charge in [-0.2, -0.15) is 5.10 Å². The average molecular weight is 236 g/mol. The van der Waals surface area contributed by atoms with E-state index in [0.717, 1.165) is 5.56 Å². The van der Waals surface area contributed by atoms with Gasteiger partial charge in [-0.3, -0.25) is 0 Å². The highest BCUT2D eigenvalue weighted by Gasteiger charge is 2.07. The SMILES string of the molecule is NCc1c(Cl)cccc1Oc1cccnn1. The predicted molar refractivity (Wildman–Crippen MR) is 61.4 cm³/mol. The number of ether oxygens (including phenoxy) is 1. The van der Waals surface area contributed by atoms with Crippen LogP contribution in [-0.2, 0) is 6.54 Å². The summed E-state index contributed by atoms with van der Waals surface area (Å²) in [4.78, 5) is 0. The van der Waals surface area contributed by atoms with Crippen LogP contribution in [0.1, 0.15) is 5.56 Å². The third-order valence-corrected chi connectivity index (χ3v) is 2.40. The molecule has 5 heteroatoms. The number of halogens is 1. The lowest BCUT2D eigenvalue weighted by Crippen LogP contribution is -2.01. The van der Waals surface area contributed by atoms with Crippen molar-refractivity contribution in [2.75, 3.05) is 0 Å². The highest BCUT2D eigenvalue weighted by Crippen LogP contribution is 2.28. The van der Waals surface area contributed by atoms with Crippen LogP contribution in [0.15, 0.2) is 36.5 Å². The molecule has 0 spiro atoms. The molecule has 0 aliphatic carbocycles. The molecule has 0 saturated carbocycles. The largest absolute Gasteiger partial charge is 0.437 e. The molecule has 0 saturated heterocycles. The van der Waals surface area contributed by atoms with Gasteiger partial charge < -0.3 is 10.5 Å². The molecule has 82 valence electrons. The molecular formula is C11H10ClN3O. The number of rotatable bonds is 3. The van der Waals surface area contributed by atoms with E-state index in [1.165, 1.54) is 0 Å². The Bertz CT molecular complexity index is 476. The molecular weight excluding hydrogens is 226 g/mol. The summed E-state index contributed by atoms with van der Waals surface area (Å²) in [5, 5.41) is 8.13. The van der Waals surface area contributed by atoms with Crippen LogP contribution in [0.4, 0.5) is 0 Å². The Kier molecular flexibility index (Phi) is 3.34. The molecule has 4 nitrogen and oxygen atoms in total. The number of hydrogen-bond acceptors (Lipinski definition) is 4. The fourth-order valence-electron chi connectivity index (χ4n) is 1.29. The van der Waals surface area contributed by atoms with E-state index in [0.29, 0.717) is 23.2 Å². The minimum absolute atomic E-state index is 0.315. The second-order valence-corrected chi connectivity index (χ2v) is 3.49. The van der Waals surface area contributed by atoms with E-state index in [2.05, 4.69) is 10.2 Å². The van der Waals surface area contributed by atoms with Crippen LogP contribution in [0.3, 0.4) is 0 Å². The monoisotopic (exact) mass is 235 g/mol. The van der Waals surface area contributed by atoms with Crippen molar-refractivity contribution in [2.24, 2.45) is 5.73 Å². The van der Waals surface area contributed by atoms with Crippen LogP contribution in [0, 0.1) is 0 Å². The molecule has 2 aromatic rings. The molecule has 0 amide bonds. The quantitative estimate of drug-likeness (QED) is 0.887. The van der Waals surface area contributed by atoms with Crippen molar-refractivity contribution in [3.05, 3.63) is 47.1 Å². The van der Waals surface area contributed by atoms with Gasteiger partial charge in [-0.15, -0.1) is 5.10 Å². The number of hydrogen-bond donors (Lipinski definition) is 1. The lowest BCUT2D eigenvalue weighted by Gasteiger charge is -2.09. The van der Waals surface area contributed by atoms with Gasteiger partial charge in [-0.25, -0.2) is 0 Å². The summed E-state index contributed by atoms with van der Waals surface area (Å²) in [6.07, 6.45) is 1.58. The third-order valence-electron chi connectivity index (χ3n) is 2.04. The highest BCUT2D eigenvalue weighted by atomic mass is 35.5. The summed E-state index contributed by atoms with van der Waals surface area (Å²) in [7, 11) is 0. The predicted octanol–water partition coefficient (Wildman–Crippen LogP) is 2.38. The topological polar surface area (TPSA) is 61.0 Å². The van der Waals surface area contributed by atoms with E-state index >= 15 is 0 Å². The molecule has 0 unspecified atom stereocenters. The van der Waals surface area contributed by atoms with Gasteiger partial charge in [0.25, 0.3) is 0 Å². The molecule has 1 heterocycles. The number of benzene rings is 1. The van der Waals surface area contributed by atoms with Crippen molar-refractivity contribution in [1.82, 2.24) is 10.2 Å². The van der Waals surface area contributed by atoms with Gasteiger partial charge in [0.1, 0.15) is 5.75 Å². The average Bonchev–Trinajstić information content (AvgIpc) is 2.31. The molecule has 16 heavy (non-hydrogen) atoms. The van der Waals surface area contributed by atoms with Crippen molar-refractivity contribution in [1.29, 1.82) is 0 Å². The van der Waals surface area contributed by atoms with Crippen LogP contribution >= 0.6 is 11.6 Å². The number of aromatic nitrogens is 2. The molecule has 0 bridgehead atoms. The maximum absolute atomic E-state index is 6.00. The molecule has 0 aliphatic heterocycles. The van der Waals surface area contributed by atoms with Crippen LogP contribution < -0.4 is 10.5 Å². The van der Waals surface area contributed by atoms with Crippen molar-refractivity contribution in [3.8, 4) is 11.6 Å². The maximum atomic E-state index is 6.00. The lowest BCUT2D eigenvalue weighted by molar-refractivity contribution is 0.450. The molecule has 2 rings (SSSR count). The molecule has 0 aliphatic rings. The van der Waals surface area contributed by atoms with E-state index in [1.807, 2.05) is 0 Å². The van der Waals surface area contributed by atoms with Crippen molar-refractivity contribution in [3.63, 3.8) is 0 Å². The smallest absolute Gasteiger partial charge is 0.238 e. The zero-order valence-electron chi connectivity index (χ0n) is 8.43. The van der Waals surface area contributed by atoms with Crippen molar-refractivity contribution >= 4 is 11.6 Å². The van der Waals surface area contributed by atoms with Gasteiger partial charge in [0.2, 0.25) is 5.88 Å². The summed E-state index contributed by atoms with van der Waals surface area (Å²) >= 11 is 6.00. The third kappa shape index (κ3) is 2.29. The second kappa shape index (κ2) is 4.92. The molecule has 1 aromatic carbocycles. The number of nitrogens with zero attached hydrogens (tertiary/aromatic N) is 2. The van der Waals surface area contributed by atoms with E-state index < -0.39 is 0 Å². The Balaban J connectivity index is 2.31. The summed E-state index contributed by atoms with van der Waals surface area (Å²) in [5.41, 5.74) is 6.36. The van der Waals surface area contributed by atoms with Gasteiger partial charge in [-0.05, 0) is 18.2 Å². The first kappa shape index (κ1) is 10.9. The first-order chi connectivity index (χ1) is 7.81. The van der Waals surface area contributed by atoms with Gasteiger partial charge in [0.05, 0.1) is 0 Å². The van der Waals surface area contributed by atoms with Crippen LogP contribution in [0.5, 0.6) is 11.6 Å². The van der Waals surface area contributed by atoms with Crippen LogP contribution in [0.25, 0.3) is 0 Å². The molecule has 1 aromatic heterocycles. The van der Waals surface area contributed by atoms with Crippen LogP contribution in [0.2, 0.25) is 5.02 Å². The van der Waals surface area contributed by atoms with E-state index in [9.17, 15) is 0 Å². The van der Waals surface area contributed by atoms with Crippen LogP contribution in [-0.4, -0.2) is 10.2 Å². The fraction of sp³-hybridized carbons (Fsp3) is 0.0909. The Hall–Kier alpha value is -1.65. The molecule has 0 atom stereocenters. The summed E-state index contributed by atoms with van der Waals surface area (Å²) in [6, 6.07) is 8.83. The van der Waals surface area contributed by atoms with Crippen molar-refractivity contribution < 1.29 is 4.74 Å². The summed E-state index contributed by atoms with van der Waals surface area (Å²) in [5.74, 6) is 1.02. The van der Waals surface area contributed by atoms with Gasteiger partial charge in [0.15, 0.2) is 0 Å². The normalized spacial score (nSPS) is 10.1. The van der Waals surface area contributed by atoms with Gasteiger partial charge in [-0.1, -0.05) is 17.7 Å². The van der Waals surface area contributed by atoms with E-state index in [1.54, 1.807) is 36.5 Å². The first-order valence-corrected chi connectivity index (χ1v) is 5.12. The minimum atomic E-state index is 0.315. The van der Waals surface area contributed by atoms with E-state index in [-0.39, 0.29) is 0 Å². The molecule has 2 N–H and O–H groups in total. The zero-order valence-corrected chi connectivity index (χ0v) is 9.19. The summed E-state index contributed by atoms with van der Waals surface area (Å²) in [6.45, 7) is 0.315. The molecule has 0 radical (unpaired) electrons. The zero-order chi connectivity index (χ0) is 11.4. The fourth-order valence-corrected chi connectivity index (χ4v) is 1.53. The second-order valence-electron chi connectivity index (χ2n) is 3.08. The number of nitrogens with two attached hydrogens (primary N) is 1. The maximum Gasteiger partial charge on any atom is 0.238 e. The Morgan fingerprint density at radius 3 is 2.81 bits per heavy atom. The summed E-state index contributed by atoms with van der Waals surface area (Å²) < 4.78 is 5.54. The first-order valence-electron chi connectivity index (χ1n) is 4.74. The highest BCUT2D eigenvalue weighted by molar-refractivity contribution is 6.31. The standard InChI is InChI=1S/C11H10ClN3O/c12-9-3-1-4-10(8(9)7-13)16-11-5-2-6-14-15-11/h1-6H,7,13H2. The lowest BCUT2D eigenvalue weighted by atomic mass is 10.2. The Labute approximate surface area is 98.0 Å².